The van der Waals surface area contributed by atoms with Crippen molar-refractivity contribution >= 4 is 35.0 Å². The molecule has 0 fully saturated rings. The zero-order valence-electron chi connectivity index (χ0n) is 17.9. The van der Waals surface area contributed by atoms with Gasteiger partial charge in [-0.1, -0.05) is 85.2 Å². The number of thioether (sulfide) groups is 1. The van der Waals surface area contributed by atoms with Crippen LogP contribution in [0.15, 0.2) is 88.6 Å². The molecule has 2 aromatic carbocycles. The number of benzene rings is 2. The molecule has 1 heterocycles. The second kappa shape index (κ2) is 11.7. The summed E-state index contributed by atoms with van der Waals surface area (Å²) < 4.78 is 6.08. The lowest BCUT2D eigenvalue weighted by Gasteiger charge is -2.30. The molecule has 0 saturated carbocycles. The Hall–Kier alpha value is -1.85. The molecule has 0 unspecified atom stereocenters. The second-order valence-corrected chi connectivity index (χ2v) is 9.47. The Kier molecular flexibility index (Phi) is 8.97. The number of halogens is 2. The van der Waals surface area contributed by atoms with E-state index in [0.29, 0.717) is 35.7 Å². The van der Waals surface area contributed by atoms with Crippen LogP contribution in [-0.4, -0.2) is 24.6 Å². The maximum Gasteiger partial charge on any atom is 0.0997 e. The number of nitrogens with zero attached hydrogens (tertiary/aromatic N) is 1. The minimum atomic E-state index is 0.322. The van der Waals surface area contributed by atoms with Gasteiger partial charge < -0.3 is 15.0 Å². The number of ether oxygens (including phenoxy) is 1. The topological polar surface area (TPSA) is 24.5 Å². The van der Waals surface area contributed by atoms with E-state index in [4.69, 9.17) is 27.9 Å². The van der Waals surface area contributed by atoms with Crippen molar-refractivity contribution in [3.8, 4) is 0 Å². The second-order valence-electron chi connectivity index (χ2n) is 7.53. The molecule has 3 rings (SSSR count). The number of nitrogens with one attached hydrogen (secondary N) is 1. The number of allylic oxidation sites excluding steroid dienone is 1. The Labute approximate surface area is 199 Å². The first-order valence-corrected chi connectivity index (χ1v) is 11.9. The summed E-state index contributed by atoms with van der Waals surface area (Å²) in [6, 6.07) is 15.8. The van der Waals surface area contributed by atoms with E-state index in [0.717, 1.165) is 27.7 Å². The molecule has 1 aliphatic heterocycles. The fourth-order valence-corrected chi connectivity index (χ4v) is 5.28. The van der Waals surface area contributed by atoms with Crippen molar-refractivity contribution in [3.63, 3.8) is 0 Å². The van der Waals surface area contributed by atoms with E-state index < -0.39 is 0 Å². The lowest BCUT2D eigenvalue weighted by molar-refractivity contribution is 0.128. The lowest BCUT2D eigenvalue weighted by Crippen LogP contribution is -2.26. The average Bonchev–Trinajstić information content (AvgIpc) is 2.88. The third-order valence-corrected chi connectivity index (χ3v) is 6.30. The standard InChI is InChI=1S/C25H28Cl2N2OS/c1-4-12-29-22(17-30-16-19-8-6-5-7-9-19)10-11-28-24(18(2)3)25(29)31-23-14-20(26)13-21(27)15-23/h4-10,13-15,18,28H,1,11-12,16-17H2,2-3H3. The normalized spacial score (nSPS) is 14.4. The minimum absolute atomic E-state index is 0.322. The largest absolute Gasteiger partial charge is 0.382 e. The van der Waals surface area contributed by atoms with E-state index >= 15 is 0 Å². The summed E-state index contributed by atoms with van der Waals surface area (Å²) in [4.78, 5) is 3.26. The van der Waals surface area contributed by atoms with E-state index in [1.807, 2.05) is 36.4 Å². The van der Waals surface area contributed by atoms with Crippen molar-refractivity contribution in [2.24, 2.45) is 5.92 Å². The van der Waals surface area contributed by atoms with Crippen LogP contribution in [0.3, 0.4) is 0 Å². The van der Waals surface area contributed by atoms with Gasteiger partial charge in [0, 0.05) is 39.4 Å². The molecule has 31 heavy (non-hydrogen) atoms. The molecular weight excluding hydrogens is 447 g/mol. The molecule has 6 heteroatoms. The predicted octanol–water partition coefficient (Wildman–Crippen LogP) is 7.10. The first-order chi connectivity index (χ1) is 15.0. The molecule has 0 bridgehead atoms. The molecule has 1 N–H and O–H groups in total. The SMILES string of the molecule is C=CCN1C(COCc2ccccc2)=CCNC(C(C)C)=C1Sc1cc(Cl)cc(Cl)c1. The van der Waals surface area contributed by atoms with Crippen molar-refractivity contribution in [1.82, 2.24) is 10.2 Å². The molecular formula is C25H28Cl2N2OS. The number of rotatable bonds is 9. The van der Waals surface area contributed by atoms with E-state index in [9.17, 15) is 0 Å². The zero-order valence-corrected chi connectivity index (χ0v) is 20.2. The third-order valence-electron chi connectivity index (χ3n) is 4.75. The van der Waals surface area contributed by atoms with Gasteiger partial charge in [0.25, 0.3) is 0 Å². The van der Waals surface area contributed by atoms with Gasteiger partial charge in [0.1, 0.15) is 0 Å². The summed E-state index contributed by atoms with van der Waals surface area (Å²) in [5, 5.41) is 5.95. The fourth-order valence-electron chi connectivity index (χ4n) is 3.31. The van der Waals surface area contributed by atoms with Gasteiger partial charge in [-0.2, -0.15) is 0 Å². The van der Waals surface area contributed by atoms with Gasteiger partial charge in [-0.15, -0.1) is 6.58 Å². The summed E-state index contributed by atoms with van der Waals surface area (Å²) in [7, 11) is 0. The molecule has 0 spiro atoms. The molecule has 1 aliphatic rings. The first-order valence-electron chi connectivity index (χ1n) is 10.3. The Morgan fingerprint density at radius 2 is 1.84 bits per heavy atom. The van der Waals surface area contributed by atoms with E-state index in [2.05, 4.69) is 48.9 Å². The van der Waals surface area contributed by atoms with Crippen LogP contribution in [0.1, 0.15) is 19.4 Å². The Morgan fingerprint density at radius 1 is 1.13 bits per heavy atom. The van der Waals surface area contributed by atoms with Gasteiger partial charge in [-0.3, -0.25) is 0 Å². The van der Waals surface area contributed by atoms with Crippen molar-refractivity contribution in [3.05, 3.63) is 99.3 Å². The van der Waals surface area contributed by atoms with E-state index in [1.54, 1.807) is 17.8 Å². The van der Waals surface area contributed by atoms with Crippen LogP contribution in [-0.2, 0) is 11.3 Å². The van der Waals surface area contributed by atoms with Gasteiger partial charge in [-0.05, 0) is 35.8 Å². The molecule has 0 saturated heterocycles. The van der Waals surface area contributed by atoms with Crippen LogP contribution in [0, 0.1) is 5.92 Å². The molecule has 0 aromatic heterocycles. The third kappa shape index (κ3) is 6.81. The highest BCUT2D eigenvalue weighted by molar-refractivity contribution is 8.03. The molecule has 0 atom stereocenters. The monoisotopic (exact) mass is 474 g/mol. The van der Waals surface area contributed by atoms with Gasteiger partial charge in [0.15, 0.2) is 0 Å². The smallest absolute Gasteiger partial charge is 0.0997 e. The van der Waals surface area contributed by atoms with Crippen LogP contribution in [0.25, 0.3) is 0 Å². The number of hydrogen-bond donors (Lipinski definition) is 1. The summed E-state index contributed by atoms with van der Waals surface area (Å²) in [6.07, 6.45) is 4.11. The van der Waals surface area contributed by atoms with Crippen LogP contribution < -0.4 is 5.32 Å². The highest BCUT2D eigenvalue weighted by Gasteiger charge is 2.23. The van der Waals surface area contributed by atoms with E-state index in [1.165, 1.54) is 5.70 Å². The lowest BCUT2D eigenvalue weighted by atomic mass is 10.1. The Morgan fingerprint density at radius 3 is 2.48 bits per heavy atom. The van der Waals surface area contributed by atoms with Crippen LogP contribution in [0.4, 0.5) is 0 Å². The molecule has 3 nitrogen and oxygen atoms in total. The first kappa shape index (κ1) is 23.8. The Balaban J connectivity index is 1.87. The Bertz CT molecular complexity index is 937. The summed E-state index contributed by atoms with van der Waals surface area (Å²) in [5.41, 5.74) is 3.44. The molecule has 0 amide bonds. The average molecular weight is 475 g/mol. The highest BCUT2D eigenvalue weighted by Crippen LogP contribution is 2.38. The summed E-state index contributed by atoms with van der Waals surface area (Å²) in [5.74, 6) is 0.322. The van der Waals surface area contributed by atoms with Crippen molar-refractivity contribution in [2.45, 2.75) is 25.3 Å². The van der Waals surface area contributed by atoms with Gasteiger partial charge in [0.2, 0.25) is 0 Å². The van der Waals surface area contributed by atoms with Crippen LogP contribution >= 0.6 is 35.0 Å². The zero-order chi connectivity index (χ0) is 22.2. The summed E-state index contributed by atoms with van der Waals surface area (Å²) >= 11 is 14.2. The molecule has 164 valence electrons. The van der Waals surface area contributed by atoms with Crippen LogP contribution in [0.5, 0.6) is 0 Å². The molecule has 2 aromatic rings. The maximum atomic E-state index is 6.26. The summed E-state index contributed by atoms with van der Waals surface area (Å²) in [6.45, 7) is 10.9. The minimum Gasteiger partial charge on any atom is -0.382 e. The van der Waals surface area contributed by atoms with Crippen molar-refractivity contribution < 1.29 is 4.74 Å². The van der Waals surface area contributed by atoms with Crippen molar-refractivity contribution in [1.29, 1.82) is 0 Å². The number of hydrogen-bond acceptors (Lipinski definition) is 4. The van der Waals surface area contributed by atoms with Crippen molar-refractivity contribution in [2.75, 3.05) is 19.7 Å². The van der Waals surface area contributed by atoms with Gasteiger partial charge >= 0.3 is 0 Å². The quantitative estimate of drug-likeness (QED) is 0.391. The van der Waals surface area contributed by atoms with Crippen LogP contribution in [0.2, 0.25) is 10.0 Å². The molecule has 0 radical (unpaired) electrons. The predicted molar refractivity (Wildman–Crippen MR) is 133 cm³/mol. The molecule has 0 aliphatic carbocycles. The maximum absolute atomic E-state index is 6.26. The highest BCUT2D eigenvalue weighted by atomic mass is 35.5. The van der Waals surface area contributed by atoms with E-state index in [-0.39, 0.29) is 0 Å². The van der Waals surface area contributed by atoms with Gasteiger partial charge in [-0.25, -0.2) is 0 Å². The van der Waals surface area contributed by atoms with Gasteiger partial charge in [0.05, 0.1) is 18.2 Å². The fraction of sp³-hybridized carbons (Fsp3) is 0.280.